The Morgan fingerprint density at radius 2 is 2.11 bits per heavy atom. The number of aryl methyl sites for hydroxylation is 2. The summed E-state index contributed by atoms with van der Waals surface area (Å²) >= 11 is 0. The number of nitrogens with one attached hydrogen (secondary N) is 2. The van der Waals surface area contributed by atoms with E-state index in [0.29, 0.717) is 12.5 Å². The summed E-state index contributed by atoms with van der Waals surface area (Å²) in [7, 11) is 1.93. The Bertz CT molecular complexity index is 534. The topological polar surface area (TPSA) is 67.7 Å². The van der Waals surface area contributed by atoms with Crippen LogP contribution < -0.4 is 10.6 Å². The smallest absolute Gasteiger partial charge is 0.224 e. The van der Waals surface area contributed by atoms with Gasteiger partial charge in [0.25, 0.3) is 0 Å². The number of anilines is 2. The van der Waals surface area contributed by atoms with Crippen molar-refractivity contribution in [1.29, 1.82) is 0 Å². The quantitative estimate of drug-likeness (QED) is 0.831. The Morgan fingerprint density at radius 3 is 2.79 bits per heavy atom. The second-order valence-electron chi connectivity index (χ2n) is 4.44. The lowest BCUT2D eigenvalue weighted by Gasteiger charge is -2.09. The van der Waals surface area contributed by atoms with E-state index >= 15 is 0 Å². The summed E-state index contributed by atoms with van der Waals surface area (Å²) < 4.78 is 1.84. The molecule has 0 aliphatic rings. The van der Waals surface area contributed by atoms with Crippen molar-refractivity contribution < 1.29 is 0 Å². The fourth-order valence-electron chi connectivity index (χ4n) is 1.73. The first-order valence-corrected chi connectivity index (χ1v) is 6.49. The van der Waals surface area contributed by atoms with Crippen LogP contribution in [0.25, 0.3) is 0 Å². The van der Waals surface area contributed by atoms with E-state index in [-0.39, 0.29) is 0 Å². The van der Waals surface area contributed by atoms with Crippen LogP contribution in [-0.2, 0) is 13.6 Å². The van der Waals surface area contributed by atoms with Crippen LogP contribution in [0.2, 0.25) is 0 Å². The molecule has 2 aromatic rings. The van der Waals surface area contributed by atoms with Gasteiger partial charge >= 0.3 is 0 Å². The highest BCUT2D eigenvalue weighted by Gasteiger charge is 2.03. The Morgan fingerprint density at radius 1 is 1.26 bits per heavy atom. The highest BCUT2D eigenvalue weighted by atomic mass is 15.3. The van der Waals surface area contributed by atoms with Crippen molar-refractivity contribution in [3.63, 3.8) is 0 Å². The molecule has 6 nitrogen and oxygen atoms in total. The van der Waals surface area contributed by atoms with Crippen LogP contribution in [0.15, 0.2) is 18.3 Å². The van der Waals surface area contributed by atoms with Gasteiger partial charge in [-0.3, -0.25) is 4.68 Å². The van der Waals surface area contributed by atoms with E-state index < -0.39 is 0 Å². The zero-order valence-corrected chi connectivity index (χ0v) is 11.6. The van der Waals surface area contributed by atoms with Crippen LogP contribution in [0.1, 0.15) is 24.7 Å². The third-order valence-corrected chi connectivity index (χ3v) is 2.76. The molecule has 0 bridgehead atoms. The van der Waals surface area contributed by atoms with Gasteiger partial charge in [0.1, 0.15) is 5.82 Å². The molecule has 0 saturated heterocycles. The van der Waals surface area contributed by atoms with E-state index in [1.54, 1.807) is 6.20 Å². The fraction of sp³-hybridized carbons (Fsp3) is 0.462. The number of rotatable bonds is 6. The molecule has 0 radical (unpaired) electrons. The maximum absolute atomic E-state index is 4.44. The molecule has 0 aromatic carbocycles. The lowest BCUT2D eigenvalue weighted by molar-refractivity contribution is 0.720. The normalized spacial score (nSPS) is 10.5. The van der Waals surface area contributed by atoms with E-state index in [9.17, 15) is 0 Å². The third-order valence-electron chi connectivity index (χ3n) is 2.76. The lowest BCUT2D eigenvalue weighted by Crippen LogP contribution is -2.10. The second kappa shape index (κ2) is 6.17. The van der Waals surface area contributed by atoms with Crippen LogP contribution in [0.3, 0.4) is 0 Å². The van der Waals surface area contributed by atoms with Crippen molar-refractivity contribution >= 4 is 11.8 Å². The average molecular weight is 260 g/mol. The van der Waals surface area contributed by atoms with Gasteiger partial charge in [-0.05, 0) is 19.4 Å². The van der Waals surface area contributed by atoms with E-state index in [1.165, 1.54) is 0 Å². The van der Waals surface area contributed by atoms with E-state index in [1.807, 2.05) is 30.8 Å². The van der Waals surface area contributed by atoms with Gasteiger partial charge in [0.2, 0.25) is 5.95 Å². The minimum Gasteiger partial charge on any atom is -0.364 e. The highest BCUT2D eigenvalue weighted by Crippen LogP contribution is 2.11. The molecule has 0 atom stereocenters. The maximum atomic E-state index is 4.44. The Hall–Kier alpha value is -2.11. The van der Waals surface area contributed by atoms with E-state index in [2.05, 4.69) is 32.6 Å². The molecular weight excluding hydrogens is 240 g/mol. The number of hydrogen-bond donors (Lipinski definition) is 2. The fourth-order valence-corrected chi connectivity index (χ4v) is 1.73. The number of aromatic nitrogens is 4. The van der Waals surface area contributed by atoms with Gasteiger partial charge in [0.05, 0.1) is 12.2 Å². The van der Waals surface area contributed by atoms with Crippen molar-refractivity contribution in [2.45, 2.75) is 26.8 Å². The Labute approximate surface area is 113 Å². The first-order valence-electron chi connectivity index (χ1n) is 6.49. The summed E-state index contributed by atoms with van der Waals surface area (Å²) in [5.74, 6) is 1.50. The summed E-state index contributed by atoms with van der Waals surface area (Å²) in [5.41, 5.74) is 2.06. The summed E-state index contributed by atoms with van der Waals surface area (Å²) in [4.78, 5) is 8.79. The third kappa shape index (κ3) is 3.67. The van der Waals surface area contributed by atoms with Crippen LogP contribution in [-0.4, -0.2) is 26.3 Å². The highest BCUT2D eigenvalue weighted by molar-refractivity contribution is 5.42. The summed E-state index contributed by atoms with van der Waals surface area (Å²) in [6.45, 7) is 5.66. The molecule has 0 fully saturated rings. The Balaban J connectivity index is 2.03. The first kappa shape index (κ1) is 13.3. The summed E-state index contributed by atoms with van der Waals surface area (Å²) in [6.07, 6.45) is 2.84. The monoisotopic (exact) mass is 260 g/mol. The molecule has 2 aromatic heterocycles. The predicted octanol–water partition coefficient (Wildman–Crippen LogP) is 1.95. The lowest BCUT2D eigenvalue weighted by atomic mass is 10.4. The molecule has 2 N–H and O–H groups in total. The molecule has 0 saturated carbocycles. The molecular formula is C13H20N6. The molecule has 2 heterocycles. The van der Waals surface area contributed by atoms with Gasteiger partial charge in [0, 0.05) is 31.5 Å². The molecule has 0 amide bonds. The zero-order chi connectivity index (χ0) is 13.7. The van der Waals surface area contributed by atoms with Crippen LogP contribution >= 0.6 is 0 Å². The summed E-state index contributed by atoms with van der Waals surface area (Å²) in [5, 5.41) is 10.6. The van der Waals surface area contributed by atoms with Crippen LogP contribution in [0.5, 0.6) is 0 Å². The minimum atomic E-state index is 0.675. The van der Waals surface area contributed by atoms with Gasteiger partial charge in [-0.25, -0.2) is 4.98 Å². The van der Waals surface area contributed by atoms with Crippen molar-refractivity contribution in [2.75, 3.05) is 17.2 Å². The predicted molar refractivity (Wildman–Crippen MR) is 76.1 cm³/mol. The van der Waals surface area contributed by atoms with Crippen molar-refractivity contribution in [2.24, 2.45) is 7.05 Å². The molecule has 2 rings (SSSR count). The van der Waals surface area contributed by atoms with Gasteiger partial charge in [-0.1, -0.05) is 6.92 Å². The van der Waals surface area contributed by atoms with E-state index in [0.717, 1.165) is 30.2 Å². The molecule has 0 spiro atoms. The molecule has 0 aliphatic carbocycles. The summed E-state index contributed by atoms with van der Waals surface area (Å²) in [6, 6.07) is 3.92. The first-order chi connectivity index (χ1) is 9.19. The van der Waals surface area contributed by atoms with E-state index in [4.69, 9.17) is 0 Å². The van der Waals surface area contributed by atoms with Crippen molar-refractivity contribution in [3.05, 3.63) is 29.7 Å². The average Bonchev–Trinajstić information content (AvgIpc) is 2.79. The Kier molecular flexibility index (Phi) is 4.33. The van der Waals surface area contributed by atoms with Crippen molar-refractivity contribution in [3.8, 4) is 0 Å². The molecule has 0 unspecified atom stereocenters. The molecule has 102 valence electrons. The van der Waals surface area contributed by atoms with Gasteiger partial charge in [0.15, 0.2) is 0 Å². The van der Waals surface area contributed by atoms with Crippen LogP contribution in [0, 0.1) is 6.92 Å². The largest absolute Gasteiger partial charge is 0.364 e. The SMILES string of the molecule is CCCNc1nc(C)cc(NCc2ccnn2C)n1. The number of hydrogen-bond acceptors (Lipinski definition) is 5. The zero-order valence-electron chi connectivity index (χ0n) is 11.6. The van der Waals surface area contributed by atoms with Gasteiger partial charge < -0.3 is 10.6 Å². The molecule has 0 aliphatic heterocycles. The standard InChI is InChI=1S/C13H20N6/c1-4-6-14-13-17-10(2)8-12(18-13)15-9-11-5-7-16-19(11)3/h5,7-8H,4,6,9H2,1-3H3,(H2,14,15,17,18). The second-order valence-corrected chi connectivity index (χ2v) is 4.44. The van der Waals surface area contributed by atoms with Gasteiger partial charge in [-0.2, -0.15) is 10.1 Å². The van der Waals surface area contributed by atoms with Crippen molar-refractivity contribution in [1.82, 2.24) is 19.7 Å². The minimum absolute atomic E-state index is 0.675. The molecule has 19 heavy (non-hydrogen) atoms. The number of nitrogens with zero attached hydrogens (tertiary/aromatic N) is 4. The van der Waals surface area contributed by atoms with Crippen LogP contribution in [0.4, 0.5) is 11.8 Å². The maximum Gasteiger partial charge on any atom is 0.224 e. The van der Waals surface area contributed by atoms with Gasteiger partial charge in [-0.15, -0.1) is 0 Å². The molecule has 6 heteroatoms.